The van der Waals surface area contributed by atoms with Gasteiger partial charge in [-0.1, -0.05) is 24.6 Å². The van der Waals surface area contributed by atoms with E-state index in [2.05, 4.69) is 39.2 Å². The number of likely N-dealkylation sites (tertiary alicyclic amines) is 1. The maximum atomic E-state index is 11.7. The highest BCUT2D eigenvalue weighted by Gasteiger charge is 2.29. The number of rotatable bonds is 4. The van der Waals surface area contributed by atoms with E-state index in [4.69, 9.17) is 4.99 Å². The van der Waals surface area contributed by atoms with Crippen molar-refractivity contribution in [1.29, 1.82) is 0 Å². The van der Waals surface area contributed by atoms with E-state index < -0.39 is 0 Å². The first-order chi connectivity index (χ1) is 11.8. The van der Waals surface area contributed by atoms with Crippen LogP contribution in [-0.2, 0) is 4.79 Å². The fraction of sp³-hybridized carbons (Fsp3) is 0.636. The van der Waals surface area contributed by atoms with Crippen molar-refractivity contribution in [3.63, 3.8) is 0 Å². The van der Waals surface area contributed by atoms with Crippen LogP contribution in [0.4, 0.5) is 0 Å². The lowest BCUT2D eigenvalue weighted by Crippen LogP contribution is -2.41. The van der Waals surface area contributed by atoms with Gasteiger partial charge in [0.05, 0.1) is 0 Å². The first-order valence-corrected chi connectivity index (χ1v) is 9.66. The van der Waals surface area contributed by atoms with Crippen LogP contribution in [0.25, 0.3) is 0 Å². The van der Waals surface area contributed by atoms with E-state index >= 15 is 0 Å². The Morgan fingerprint density at radius 2 is 1.84 bits per heavy atom. The van der Waals surface area contributed by atoms with Crippen molar-refractivity contribution in [2.24, 2.45) is 16.8 Å². The molecule has 0 amide bonds. The SMILES string of the molecule is C=CN=C(C(=C(C)C)C1=C(C)CCC(C)C1)N1CCC(C(C)=O)CC1. The summed E-state index contributed by atoms with van der Waals surface area (Å²) in [5.41, 5.74) is 5.61. The number of nitrogens with zero attached hydrogens (tertiary/aromatic N) is 2. The van der Waals surface area contributed by atoms with Crippen LogP contribution in [0.3, 0.4) is 0 Å². The zero-order valence-electron chi connectivity index (χ0n) is 16.7. The Hall–Kier alpha value is -1.64. The molecule has 1 saturated heterocycles. The number of ketones is 1. The van der Waals surface area contributed by atoms with Crippen molar-refractivity contribution < 1.29 is 4.79 Å². The molecule has 25 heavy (non-hydrogen) atoms. The third-order valence-electron chi connectivity index (χ3n) is 5.69. The van der Waals surface area contributed by atoms with Crippen LogP contribution in [0.1, 0.15) is 66.7 Å². The van der Waals surface area contributed by atoms with Crippen molar-refractivity contribution in [3.05, 3.63) is 35.1 Å². The molecule has 0 saturated carbocycles. The van der Waals surface area contributed by atoms with E-state index in [9.17, 15) is 4.79 Å². The summed E-state index contributed by atoms with van der Waals surface area (Å²) in [7, 11) is 0. The lowest BCUT2D eigenvalue weighted by molar-refractivity contribution is -0.121. The van der Waals surface area contributed by atoms with Gasteiger partial charge in [-0.05, 0) is 71.3 Å². The van der Waals surface area contributed by atoms with Crippen molar-refractivity contribution >= 4 is 11.6 Å². The topological polar surface area (TPSA) is 32.7 Å². The number of hydrogen-bond donors (Lipinski definition) is 0. The number of Topliss-reactive ketones (excluding diaryl/α,β-unsaturated/α-hetero) is 1. The van der Waals surface area contributed by atoms with Gasteiger partial charge in [0.1, 0.15) is 11.6 Å². The van der Waals surface area contributed by atoms with E-state index in [-0.39, 0.29) is 5.92 Å². The van der Waals surface area contributed by atoms with Gasteiger partial charge in [0.2, 0.25) is 0 Å². The Morgan fingerprint density at radius 1 is 1.20 bits per heavy atom. The van der Waals surface area contributed by atoms with Gasteiger partial charge in [-0.25, -0.2) is 4.99 Å². The number of carbonyl (C=O) groups excluding carboxylic acids is 1. The van der Waals surface area contributed by atoms with Gasteiger partial charge in [0.15, 0.2) is 0 Å². The smallest absolute Gasteiger partial charge is 0.135 e. The van der Waals surface area contributed by atoms with Crippen molar-refractivity contribution in [3.8, 4) is 0 Å². The Kier molecular flexibility index (Phi) is 6.80. The molecule has 0 aromatic carbocycles. The van der Waals surface area contributed by atoms with Crippen LogP contribution in [0.2, 0.25) is 0 Å². The molecule has 1 fully saturated rings. The summed E-state index contributed by atoms with van der Waals surface area (Å²) >= 11 is 0. The average Bonchev–Trinajstić information content (AvgIpc) is 2.57. The number of allylic oxidation sites excluding steroid dienone is 2. The van der Waals surface area contributed by atoms with Gasteiger partial charge in [0.25, 0.3) is 0 Å². The highest BCUT2D eigenvalue weighted by molar-refractivity contribution is 6.03. The van der Waals surface area contributed by atoms with E-state index in [0.717, 1.165) is 44.1 Å². The molecule has 2 aliphatic rings. The van der Waals surface area contributed by atoms with Crippen LogP contribution < -0.4 is 0 Å². The number of carbonyl (C=O) groups is 1. The second-order valence-electron chi connectivity index (χ2n) is 7.99. The average molecular weight is 343 g/mol. The molecule has 0 N–H and O–H groups in total. The van der Waals surface area contributed by atoms with Gasteiger partial charge in [-0.15, -0.1) is 0 Å². The van der Waals surface area contributed by atoms with Gasteiger partial charge >= 0.3 is 0 Å². The summed E-state index contributed by atoms with van der Waals surface area (Å²) in [5, 5.41) is 0. The molecule has 1 atom stereocenters. The molecular weight excluding hydrogens is 308 g/mol. The Morgan fingerprint density at radius 3 is 2.36 bits per heavy atom. The fourth-order valence-electron chi connectivity index (χ4n) is 4.10. The van der Waals surface area contributed by atoms with Gasteiger partial charge in [-0.3, -0.25) is 4.79 Å². The van der Waals surface area contributed by atoms with Gasteiger partial charge < -0.3 is 4.90 Å². The zero-order chi connectivity index (χ0) is 18.6. The highest BCUT2D eigenvalue weighted by atomic mass is 16.1. The third kappa shape index (κ3) is 4.71. The van der Waals surface area contributed by atoms with E-state index in [0.29, 0.717) is 5.78 Å². The fourth-order valence-corrected chi connectivity index (χ4v) is 4.10. The van der Waals surface area contributed by atoms with Crippen molar-refractivity contribution in [2.75, 3.05) is 13.1 Å². The van der Waals surface area contributed by atoms with Crippen LogP contribution in [0.5, 0.6) is 0 Å². The lowest BCUT2D eigenvalue weighted by Gasteiger charge is -2.36. The summed E-state index contributed by atoms with van der Waals surface area (Å²) in [6, 6.07) is 0. The summed E-state index contributed by atoms with van der Waals surface area (Å²) in [6.07, 6.45) is 7.11. The van der Waals surface area contributed by atoms with E-state index in [1.807, 2.05) is 0 Å². The largest absolute Gasteiger partial charge is 0.356 e. The summed E-state index contributed by atoms with van der Waals surface area (Å²) in [5.74, 6) is 2.32. The van der Waals surface area contributed by atoms with E-state index in [1.54, 1.807) is 13.1 Å². The minimum absolute atomic E-state index is 0.215. The molecule has 138 valence electrons. The van der Waals surface area contributed by atoms with Crippen LogP contribution in [0, 0.1) is 11.8 Å². The predicted molar refractivity (Wildman–Crippen MR) is 107 cm³/mol. The molecule has 1 unspecified atom stereocenters. The van der Waals surface area contributed by atoms with E-state index in [1.165, 1.54) is 35.1 Å². The first kappa shape index (κ1) is 19.7. The second kappa shape index (κ2) is 8.64. The van der Waals surface area contributed by atoms with Crippen LogP contribution >= 0.6 is 0 Å². The van der Waals surface area contributed by atoms with Gasteiger partial charge in [0, 0.05) is 30.8 Å². The van der Waals surface area contributed by atoms with Crippen LogP contribution in [-0.4, -0.2) is 29.6 Å². The molecule has 3 heteroatoms. The maximum Gasteiger partial charge on any atom is 0.135 e. The number of hydrogen-bond acceptors (Lipinski definition) is 2. The number of amidine groups is 1. The molecule has 0 bridgehead atoms. The number of piperidine rings is 1. The minimum atomic E-state index is 0.215. The van der Waals surface area contributed by atoms with Crippen molar-refractivity contribution in [2.45, 2.75) is 66.7 Å². The molecule has 0 aromatic rings. The molecule has 0 radical (unpaired) electrons. The van der Waals surface area contributed by atoms with Gasteiger partial charge in [-0.2, -0.15) is 0 Å². The molecule has 0 spiro atoms. The first-order valence-electron chi connectivity index (χ1n) is 9.66. The molecule has 1 heterocycles. The van der Waals surface area contributed by atoms with Crippen LogP contribution in [0.15, 0.2) is 40.1 Å². The molecule has 3 nitrogen and oxygen atoms in total. The molecule has 0 aromatic heterocycles. The minimum Gasteiger partial charge on any atom is -0.356 e. The molecule has 2 rings (SSSR count). The Bertz CT molecular complexity index is 612. The normalized spacial score (nSPS) is 22.8. The molecular formula is C22H34N2O. The summed E-state index contributed by atoms with van der Waals surface area (Å²) < 4.78 is 0. The second-order valence-corrected chi connectivity index (χ2v) is 7.99. The monoisotopic (exact) mass is 342 g/mol. The Labute approximate surface area is 153 Å². The maximum absolute atomic E-state index is 11.7. The number of aliphatic imine (C=N–C) groups is 1. The molecule has 1 aliphatic heterocycles. The zero-order valence-corrected chi connectivity index (χ0v) is 16.7. The molecule has 1 aliphatic carbocycles. The Balaban J connectivity index is 2.34. The quantitative estimate of drug-likeness (QED) is 0.513. The standard InChI is InChI=1S/C22H34N2O/c1-7-23-22(24-12-10-19(11-13-24)18(6)25)21(15(2)3)20-14-16(4)8-9-17(20)5/h7,16,19H,1,8-14H2,2-6H3. The third-order valence-corrected chi connectivity index (χ3v) is 5.69. The van der Waals surface area contributed by atoms with Crippen molar-refractivity contribution in [1.82, 2.24) is 4.90 Å². The summed E-state index contributed by atoms with van der Waals surface area (Å²) in [4.78, 5) is 18.8. The highest BCUT2D eigenvalue weighted by Crippen LogP contribution is 2.36. The lowest BCUT2D eigenvalue weighted by atomic mass is 9.80. The predicted octanol–water partition coefficient (Wildman–Crippen LogP) is 5.30. The summed E-state index contributed by atoms with van der Waals surface area (Å²) in [6.45, 7) is 16.4.